The first kappa shape index (κ1) is 19.9. The standard InChI is InChI=1S/C25H25N3O2/c1-17-9-8-10-18(2)23(17)26-15-20(29)16-28-24(19-11-4-3-5-12-19)27-22-14-7-6-13-21(22)25(28)30/h3-14,20,26,29H,15-16H2,1-2H3. The predicted octanol–water partition coefficient (Wildman–Crippen LogP) is 4.15. The van der Waals surface area contributed by atoms with E-state index in [2.05, 4.69) is 5.32 Å². The van der Waals surface area contributed by atoms with Crippen LogP contribution in [0.15, 0.2) is 77.6 Å². The summed E-state index contributed by atoms with van der Waals surface area (Å²) in [6, 6.07) is 23.0. The molecule has 0 fully saturated rings. The number of aliphatic hydroxyl groups excluding tert-OH is 1. The molecule has 0 bridgehead atoms. The van der Waals surface area contributed by atoms with E-state index >= 15 is 0 Å². The largest absolute Gasteiger partial charge is 0.389 e. The van der Waals surface area contributed by atoms with Crippen molar-refractivity contribution < 1.29 is 5.11 Å². The number of anilines is 1. The second-order valence-corrected chi connectivity index (χ2v) is 7.54. The molecular weight excluding hydrogens is 374 g/mol. The third-order valence-corrected chi connectivity index (χ3v) is 5.28. The summed E-state index contributed by atoms with van der Waals surface area (Å²) in [5.74, 6) is 0.561. The fraction of sp³-hybridized carbons (Fsp3) is 0.200. The highest BCUT2D eigenvalue weighted by Crippen LogP contribution is 2.21. The molecule has 1 aromatic heterocycles. The van der Waals surface area contributed by atoms with Crippen molar-refractivity contribution in [1.82, 2.24) is 9.55 Å². The van der Waals surface area contributed by atoms with E-state index in [1.807, 2.05) is 80.6 Å². The molecule has 1 atom stereocenters. The zero-order valence-corrected chi connectivity index (χ0v) is 17.2. The molecule has 0 saturated heterocycles. The van der Waals surface area contributed by atoms with Gasteiger partial charge in [0.2, 0.25) is 0 Å². The van der Waals surface area contributed by atoms with E-state index in [1.165, 1.54) is 0 Å². The van der Waals surface area contributed by atoms with Gasteiger partial charge in [-0.1, -0.05) is 60.7 Å². The number of benzene rings is 3. The van der Waals surface area contributed by atoms with Crippen LogP contribution in [0.5, 0.6) is 0 Å². The zero-order chi connectivity index (χ0) is 21.1. The molecule has 4 aromatic rings. The van der Waals surface area contributed by atoms with Gasteiger partial charge in [-0.2, -0.15) is 0 Å². The summed E-state index contributed by atoms with van der Waals surface area (Å²) in [6.45, 7) is 4.55. The number of aliphatic hydroxyl groups is 1. The van der Waals surface area contributed by atoms with E-state index in [0.717, 1.165) is 22.4 Å². The number of fused-ring (bicyclic) bond motifs is 1. The molecule has 4 rings (SSSR count). The van der Waals surface area contributed by atoms with Gasteiger partial charge in [-0.05, 0) is 37.1 Å². The fourth-order valence-electron chi connectivity index (χ4n) is 3.73. The van der Waals surface area contributed by atoms with Crippen molar-refractivity contribution in [1.29, 1.82) is 0 Å². The van der Waals surface area contributed by atoms with Crippen molar-refractivity contribution in [2.75, 3.05) is 11.9 Å². The summed E-state index contributed by atoms with van der Waals surface area (Å²) < 4.78 is 1.58. The van der Waals surface area contributed by atoms with Gasteiger partial charge in [0, 0.05) is 17.8 Å². The van der Waals surface area contributed by atoms with Crippen LogP contribution >= 0.6 is 0 Å². The van der Waals surface area contributed by atoms with Crippen molar-refractivity contribution in [3.05, 3.63) is 94.3 Å². The highest BCUT2D eigenvalue weighted by Gasteiger charge is 2.16. The van der Waals surface area contributed by atoms with Crippen LogP contribution in [-0.2, 0) is 6.54 Å². The molecule has 30 heavy (non-hydrogen) atoms. The lowest BCUT2D eigenvalue weighted by Gasteiger charge is -2.19. The molecule has 0 radical (unpaired) electrons. The normalized spacial score (nSPS) is 12.1. The van der Waals surface area contributed by atoms with Gasteiger partial charge in [-0.15, -0.1) is 0 Å². The van der Waals surface area contributed by atoms with Crippen molar-refractivity contribution in [2.45, 2.75) is 26.5 Å². The average Bonchev–Trinajstić information content (AvgIpc) is 2.76. The summed E-state index contributed by atoms with van der Waals surface area (Å²) in [5, 5.41) is 14.6. The van der Waals surface area contributed by atoms with E-state index in [4.69, 9.17) is 4.98 Å². The maximum atomic E-state index is 13.2. The quantitative estimate of drug-likeness (QED) is 0.511. The lowest BCUT2D eigenvalue weighted by molar-refractivity contribution is 0.165. The van der Waals surface area contributed by atoms with Gasteiger partial charge < -0.3 is 10.4 Å². The van der Waals surface area contributed by atoms with Gasteiger partial charge >= 0.3 is 0 Å². The molecule has 0 aliphatic rings. The molecule has 0 aliphatic carbocycles. The van der Waals surface area contributed by atoms with E-state index in [-0.39, 0.29) is 12.1 Å². The van der Waals surface area contributed by atoms with Crippen LogP contribution in [0.2, 0.25) is 0 Å². The first-order valence-corrected chi connectivity index (χ1v) is 10.1. The summed E-state index contributed by atoms with van der Waals surface area (Å²) >= 11 is 0. The number of para-hydroxylation sites is 2. The van der Waals surface area contributed by atoms with Crippen LogP contribution in [0.3, 0.4) is 0 Å². The van der Waals surface area contributed by atoms with Gasteiger partial charge in [0.1, 0.15) is 5.82 Å². The number of aromatic nitrogens is 2. The van der Waals surface area contributed by atoms with Gasteiger partial charge in [0.05, 0.1) is 23.6 Å². The summed E-state index contributed by atoms with van der Waals surface area (Å²) in [4.78, 5) is 18.0. The molecule has 5 heteroatoms. The Labute approximate surface area is 175 Å². The highest BCUT2D eigenvalue weighted by atomic mass is 16.3. The molecule has 0 amide bonds. The molecule has 152 valence electrons. The number of aryl methyl sites for hydroxylation is 2. The second kappa shape index (κ2) is 8.51. The topological polar surface area (TPSA) is 67.2 Å². The van der Waals surface area contributed by atoms with Crippen LogP contribution in [0, 0.1) is 13.8 Å². The highest BCUT2D eigenvalue weighted by molar-refractivity contribution is 5.79. The maximum Gasteiger partial charge on any atom is 0.261 e. The van der Waals surface area contributed by atoms with Crippen LogP contribution in [0.25, 0.3) is 22.3 Å². The van der Waals surface area contributed by atoms with Crippen LogP contribution in [0.4, 0.5) is 5.69 Å². The minimum absolute atomic E-state index is 0.148. The molecule has 0 aliphatic heterocycles. The van der Waals surface area contributed by atoms with Crippen molar-refractivity contribution in [3.63, 3.8) is 0 Å². The first-order valence-electron chi connectivity index (χ1n) is 10.1. The number of hydrogen-bond acceptors (Lipinski definition) is 4. The lowest BCUT2D eigenvalue weighted by atomic mass is 10.1. The van der Waals surface area contributed by atoms with Crippen molar-refractivity contribution in [2.24, 2.45) is 0 Å². The number of nitrogens with zero attached hydrogens (tertiary/aromatic N) is 2. The van der Waals surface area contributed by atoms with E-state index in [0.29, 0.717) is 23.3 Å². The molecule has 1 unspecified atom stereocenters. The third-order valence-electron chi connectivity index (χ3n) is 5.28. The Kier molecular flexibility index (Phi) is 5.63. The van der Waals surface area contributed by atoms with Crippen LogP contribution in [0.1, 0.15) is 11.1 Å². The van der Waals surface area contributed by atoms with Gasteiger partial charge in [-0.25, -0.2) is 4.98 Å². The second-order valence-electron chi connectivity index (χ2n) is 7.54. The molecule has 3 aromatic carbocycles. The Balaban J connectivity index is 1.67. The first-order chi connectivity index (χ1) is 14.5. The fourth-order valence-corrected chi connectivity index (χ4v) is 3.73. The van der Waals surface area contributed by atoms with Gasteiger partial charge in [0.25, 0.3) is 5.56 Å². The average molecular weight is 399 g/mol. The Hall–Kier alpha value is -3.44. The van der Waals surface area contributed by atoms with Gasteiger partial charge in [0.15, 0.2) is 0 Å². The Morgan fingerprint density at radius 1 is 0.933 bits per heavy atom. The van der Waals surface area contributed by atoms with Gasteiger partial charge in [-0.3, -0.25) is 9.36 Å². The Morgan fingerprint density at radius 2 is 1.60 bits per heavy atom. The zero-order valence-electron chi connectivity index (χ0n) is 17.2. The van der Waals surface area contributed by atoms with E-state index in [9.17, 15) is 9.90 Å². The molecule has 2 N–H and O–H groups in total. The van der Waals surface area contributed by atoms with Crippen molar-refractivity contribution >= 4 is 16.6 Å². The molecular formula is C25H25N3O2. The Morgan fingerprint density at radius 3 is 2.33 bits per heavy atom. The third kappa shape index (κ3) is 3.98. The number of nitrogens with one attached hydrogen (secondary N) is 1. The summed E-state index contributed by atoms with van der Waals surface area (Å²) in [5.41, 5.74) is 4.61. The minimum atomic E-state index is -0.757. The Bertz CT molecular complexity index is 1210. The predicted molar refractivity (Wildman–Crippen MR) is 122 cm³/mol. The molecule has 0 saturated carbocycles. The van der Waals surface area contributed by atoms with E-state index < -0.39 is 6.10 Å². The minimum Gasteiger partial charge on any atom is -0.389 e. The summed E-state index contributed by atoms with van der Waals surface area (Å²) in [7, 11) is 0. The number of rotatable bonds is 6. The van der Waals surface area contributed by atoms with Crippen LogP contribution < -0.4 is 10.9 Å². The smallest absolute Gasteiger partial charge is 0.261 e. The summed E-state index contributed by atoms with van der Waals surface area (Å²) in [6.07, 6.45) is -0.757. The molecule has 1 heterocycles. The molecule has 0 spiro atoms. The van der Waals surface area contributed by atoms with Crippen LogP contribution in [-0.4, -0.2) is 27.3 Å². The number of hydrogen-bond donors (Lipinski definition) is 2. The monoisotopic (exact) mass is 399 g/mol. The molecule has 5 nitrogen and oxygen atoms in total. The van der Waals surface area contributed by atoms with E-state index in [1.54, 1.807) is 10.6 Å². The lowest BCUT2D eigenvalue weighted by Crippen LogP contribution is -2.32. The SMILES string of the molecule is Cc1cccc(C)c1NCC(O)Cn1c(-c2ccccc2)nc2ccccc2c1=O. The van der Waals surface area contributed by atoms with Crippen molar-refractivity contribution in [3.8, 4) is 11.4 Å². The maximum absolute atomic E-state index is 13.2.